The second-order valence-electron chi connectivity index (χ2n) is 4.96. The topological polar surface area (TPSA) is 0 Å². The zero-order valence-corrected chi connectivity index (χ0v) is 9.21. The van der Waals surface area contributed by atoms with E-state index in [-0.39, 0.29) is 5.83 Å². The lowest BCUT2D eigenvalue weighted by Gasteiger charge is -2.33. The Morgan fingerprint density at radius 2 is 1.87 bits per heavy atom. The van der Waals surface area contributed by atoms with Gasteiger partial charge in [0.25, 0.3) is 0 Å². The maximum atomic E-state index is 12.9. The molecule has 2 aliphatic carbocycles. The van der Waals surface area contributed by atoms with Gasteiger partial charge in [0, 0.05) is 5.92 Å². The first-order valence-corrected chi connectivity index (χ1v) is 6.10. The quantitative estimate of drug-likeness (QED) is 0.567. The zero-order chi connectivity index (χ0) is 10.7. The van der Waals surface area contributed by atoms with Gasteiger partial charge in [0.15, 0.2) is 0 Å². The highest BCUT2D eigenvalue weighted by atomic mass is 19.1. The summed E-state index contributed by atoms with van der Waals surface area (Å²) in [6.07, 6.45) is 14.8. The van der Waals surface area contributed by atoms with Gasteiger partial charge in [-0.15, -0.1) is 12.3 Å². The first kappa shape index (κ1) is 10.7. The predicted molar refractivity (Wildman–Crippen MR) is 60.8 cm³/mol. The van der Waals surface area contributed by atoms with Crippen molar-refractivity contribution < 1.29 is 4.39 Å². The molecule has 0 amide bonds. The van der Waals surface area contributed by atoms with Crippen molar-refractivity contribution in [3.8, 4) is 12.3 Å². The van der Waals surface area contributed by atoms with Crippen LogP contribution in [0.15, 0.2) is 11.9 Å². The SMILES string of the molecule is C#CC1CCC(C2CC=C(F)CC2)CC1. The Hall–Kier alpha value is -0.770. The molecule has 0 aromatic heterocycles. The minimum atomic E-state index is 0.101. The summed E-state index contributed by atoms with van der Waals surface area (Å²) in [6, 6.07) is 0. The van der Waals surface area contributed by atoms with E-state index in [1.807, 2.05) is 0 Å². The van der Waals surface area contributed by atoms with Crippen molar-refractivity contribution in [3.05, 3.63) is 11.9 Å². The van der Waals surface area contributed by atoms with Gasteiger partial charge in [-0.25, -0.2) is 4.39 Å². The van der Waals surface area contributed by atoms with Crippen LogP contribution in [0.4, 0.5) is 4.39 Å². The maximum absolute atomic E-state index is 12.9. The molecular formula is C14H19F. The molecule has 1 atom stereocenters. The number of rotatable bonds is 1. The van der Waals surface area contributed by atoms with Crippen LogP contribution in [0.3, 0.4) is 0 Å². The third-order valence-corrected chi connectivity index (χ3v) is 4.07. The summed E-state index contributed by atoms with van der Waals surface area (Å²) in [5.74, 6) is 5.00. The fourth-order valence-electron chi connectivity index (χ4n) is 3.01. The van der Waals surface area contributed by atoms with Gasteiger partial charge in [0.05, 0.1) is 5.83 Å². The smallest absolute Gasteiger partial charge is 0.0960 e. The van der Waals surface area contributed by atoms with E-state index in [1.54, 1.807) is 6.08 Å². The minimum Gasteiger partial charge on any atom is -0.212 e. The number of allylic oxidation sites excluding steroid dienone is 2. The Bertz CT molecular complexity index is 276. The fourth-order valence-corrected chi connectivity index (χ4v) is 3.01. The maximum Gasteiger partial charge on any atom is 0.0960 e. The van der Waals surface area contributed by atoms with E-state index in [2.05, 4.69) is 5.92 Å². The Labute approximate surface area is 91.9 Å². The Morgan fingerprint density at radius 1 is 1.13 bits per heavy atom. The van der Waals surface area contributed by atoms with Gasteiger partial charge in [0.2, 0.25) is 0 Å². The monoisotopic (exact) mass is 206 g/mol. The van der Waals surface area contributed by atoms with Crippen LogP contribution in [-0.2, 0) is 0 Å². The Morgan fingerprint density at radius 3 is 2.40 bits per heavy atom. The van der Waals surface area contributed by atoms with Crippen LogP contribution in [0.5, 0.6) is 0 Å². The van der Waals surface area contributed by atoms with Crippen molar-refractivity contribution in [2.45, 2.75) is 44.9 Å². The van der Waals surface area contributed by atoms with E-state index in [1.165, 1.54) is 25.7 Å². The molecule has 15 heavy (non-hydrogen) atoms. The Balaban J connectivity index is 1.84. The molecule has 0 aromatic carbocycles. The standard InChI is InChI=1S/C14H19F/c1-2-11-3-5-12(6-4-11)13-7-9-14(15)10-8-13/h1,9,11-13H,3-8,10H2. The van der Waals surface area contributed by atoms with Gasteiger partial charge < -0.3 is 0 Å². The summed E-state index contributed by atoms with van der Waals surface area (Å²) < 4.78 is 12.9. The predicted octanol–water partition coefficient (Wildman–Crippen LogP) is 4.08. The third-order valence-electron chi connectivity index (χ3n) is 4.07. The molecule has 2 aliphatic rings. The van der Waals surface area contributed by atoms with E-state index in [0.717, 1.165) is 24.7 Å². The molecule has 0 spiro atoms. The minimum absolute atomic E-state index is 0.101. The number of hydrogen-bond acceptors (Lipinski definition) is 0. The summed E-state index contributed by atoms with van der Waals surface area (Å²) in [6.45, 7) is 0. The highest BCUT2D eigenvalue weighted by Crippen LogP contribution is 2.39. The van der Waals surface area contributed by atoms with Gasteiger partial charge in [-0.1, -0.05) is 6.08 Å². The lowest BCUT2D eigenvalue weighted by Crippen LogP contribution is -2.22. The number of hydrogen-bond donors (Lipinski definition) is 0. The van der Waals surface area contributed by atoms with E-state index in [0.29, 0.717) is 12.3 Å². The molecule has 0 saturated heterocycles. The summed E-state index contributed by atoms with van der Waals surface area (Å²) in [4.78, 5) is 0. The molecule has 0 aromatic rings. The van der Waals surface area contributed by atoms with Crippen LogP contribution in [0, 0.1) is 30.1 Å². The highest BCUT2D eigenvalue weighted by molar-refractivity contribution is 5.01. The van der Waals surface area contributed by atoms with Gasteiger partial charge in [-0.3, -0.25) is 0 Å². The van der Waals surface area contributed by atoms with Crippen LogP contribution < -0.4 is 0 Å². The molecule has 0 bridgehead atoms. The van der Waals surface area contributed by atoms with Crippen molar-refractivity contribution in [3.63, 3.8) is 0 Å². The molecule has 1 heteroatoms. The summed E-state index contributed by atoms with van der Waals surface area (Å²) in [7, 11) is 0. The normalized spacial score (nSPS) is 36.8. The summed E-state index contributed by atoms with van der Waals surface area (Å²) in [5.41, 5.74) is 0. The van der Waals surface area contributed by atoms with E-state index in [9.17, 15) is 4.39 Å². The molecule has 0 aliphatic heterocycles. The molecular weight excluding hydrogens is 187 g/mol. The second kappa shape index (κ2) is 4.84. The van der Waals surface area contributed by atoms with Crippen molar-refractivity contribution in [1.82, 2.24) is 0 Å². The molecule has 1 fully saturated rings. The average molecular weight is 206 g/mol. The van der Waals surface area contributed by atoms with Gasteiger partial charge in [0.1, 0.15) is 0 Å². The van der Waals surface area contributed by atoms with Gasteiger partial charge >= 0.3 is 0 Å². The van der Waals surface area contributed by atoms with Crippen molar-refractivity contribution >= 4 is 0 Å². The second-order valence-corrected chi connectivity index (χ2v) is 4.96. The fraction of sp³-hybridized carbons (Fsp3) is 0.714. The summed E-state index contributed by atoms with van der Waals surface area (Å²) >= 11 is 0. The van der Waals surface area contributed by atoms with Crippen molar-refractivity contribution in [1.29, 1.82) is 0 Å². The molecule has 0 heterocycles. The van der Waals surface area contributed by atoms with E-state index >= 15 is 0 Å². The molecule has 1 saturated carbocycles. The first-order chi connectivity index (χ1) is 7.29. The number of terminal acetylenes is 1. The van der Waals surface area contributed by atoms with Crippen molar-refractivity contribution in [2.24, 2.45) is 17.8 Å². The van der Waals surface area contributed by atoms with Crippen LogP contribution in [-0.4, -0.2) is 0 Å². The lowest BCUT2D eigenvalue weighted by molar-refractivity contribution is 0.208. The summed E-state index contributed by atoms with van der Waals surface area (Å²) in [5, 5.41) is 0. The highest BCUT2D eigenvalue weighted by Gasteiger charge is 2.27. The molecule has 82 valence electrons. The molecule has 0 N–H and O–H groups in total. The number of halogens is 1. The lowest BCUT2D eigenvalue weighted by atomic mass is 9.72. The van der Waals surface area contributed by atoms with Crippen molar-refractivity contribution in [2.75, 3.05) is 0 Å². The third kappa shape index (κ3) is 2.62. The van der Waals surface area contributed by atoms with Crippen LogP contribution >= 0.6 is 0 Å². The average Bonchev–Trinajstić information content (AvgIpc) is 2.30. The van der Waals surface area contributed by atoms with E-state index < -0.39 is 0 Å². The molecule has 0 nitrogen and oxygen atoms in total. The van der Waals surface area contributed by atoms with Crippen LogP contribution in [0.25, 0.3) is 0 Å². The molecule has 2 rings (SSSR count). The van der Waals surface area contributed by atoms with Gasteiger partial charge in [-0.2, -0.15) is 0 Å². The molecule has 1 unspecified atom stereocenters. The zero-order valence-electron chi connectivity index (χ0n) is 9.21. The Kier molecular flexibility index (Phi) is 3.46. The molecule has 0 radical (unpaired) electrons. The van der Waals surface area contributed by atoms with Crippen LogP contribution in [0.1, 0.15) is 44.9 Å². The van der Waals surface area contributed by atoms with Gasteiger partial charge in [-0.05, 0) is 56.8 Å². The van der Waals surface area contributed by atoms with Crippen LogP contribution in [0.2, 0.25) is 0 Å². The van der Waals surface area contributed by atoms with E-state index in [4.69, 9.17) is 6.42 Å². The largest absolute Gasteiger partial charge is 0.212 e. The first-order valence-electron chi connectivity index (χ1n) is 6.10.